The maximum atomic E-state index is 11.7. The molecular formula is C21H28ClN3O7S. The van der Waals surface area contributed by atoms with Crippen molar-refractivity contribution < 1.29 is 33.6 Å². The van der Waals surface area contributed by atoms with Gasteiger partial charge in [0.1, 0.15) is 23.9 Å². The summed E-state index contributed by atoms with van der Waals surface area (Å²) in [6, 6.07) is 5.28. The van der Waals surface area contributed by atoms with Crippen molar-refractivity contribution in [3.8, 4) is 16.3 Å². The molecule has 12 heteroatoms. The zero-order chi connectivity index (χ0) is 23.9. The van der Waals surface area contributed by atoms with Gasteiger partial charge in [0, 0.05) is 17.5 Å². The quantitative estimate of drug-likeness (QED) is 0.275. The minimum absolute atomic E-state index is 0.00427. The van der Waals surface area contributed by atoms with E-state index in [2.05, 4.69) is 10.3 Å². The molecule has 0 aliphatic carbocycles. The number of nitrogens with two attached hydrogens (primary N) is 1. The molecule has 10 nitrogen and oxygen atoms in total. The van der Waals surface area contributed by atoms with Crippen molar-refractivity contribution in [3.63, 3.8) is 0 Å². The number of nitrogens with zero attached hydrogens (tertiary/aromatic N) is 1. The van der Waals surface area contributed by atoms with E-state index in [0.717, 1.165) is 5.56 Å². The van der Waals surface area contributed by atoms with Crippen LogP contribution >= 0.6 is 22.9 Å². The van der Waals surface area contributed by atoms with E-state index in [4.69, 9.17) is 41.4 Å². The van der Waals surface area contributed by atoms with Crippen molar-refractivity contribution in [1.82, 2.24) is 10.3 Å². The minimum Gasteiger partial charge on any atom is -0.491 e. The molecule has 1 heterocycles. The fraction of sp³-hybridized carbons (Fsp3) is 0.476. The van der Waals surface area contributed by atoms with Crippen LogP contribution in [0.1, 0.15) is 5.69 Å². The minimum atomic E-state index is -1.10. The number of carbonyl (C=O) groups is 2. The van der Waals surface area contributed by atoms with Gasteiger partial charge in [0.25, 0.3) is 0 Å². The highest BCUT2D eigenvalue weighted by Crippen LogP contribution is 2.33. The standard InChI is InChI=1S/C21H28ClN3O7S/c22-18-12-16(32-10-9-31-8-7-30-6-5-29-4-3-23)1-2-17(18)21-25-15(14-33-21)11-19(26)24-13-20(27)28/h1-2,12,14H,3-11,13,23H2,(H,24,26)(H,27,28). The first-order valence-corrected chi connectivity index (χ1v) is 11.5. The lowest BCUT2D eigenvalue weighted by atomic mass is 10.2. The van der Waals surface area contributed by atoms with Crippen molar-refractivity contribution in [3.05, 3.63) is 34.3 Å². The monoisotopic (exact) mass is 501 g/mol. The molecule has 0 aliphatic heterocycles. The van der Waals surface area contributed by atoms with E-state index < -0.39 is 18.4 Å². The SMILES string of the molecule is NCCOCCOCCOCCOc1ccc(-c2nc(CC(=O)NCC(=O)O)cs2)c(Cl)c1. The number of halogens is 1. The summed E-state index contributed by atoms with van der Waals surface area (Å²) in [5.74, 6) is -0.905. The highest BCUT2D eigenvalue weighted by molar-refractivity contribution is 7.13. The second-order valence-electron chi connectivity index (χ2n) is 6.61. The van der Waals surface area contributed by atoms with Gasteiger partial charge in [-0.1, -0.05) is 11.6 Å². The maximum Gasteiger partial charge on any atom is 0.322 e. The first kappa shape index (κ1) is 27.0. The molecule has 0 spiro atoms. The summed E-state index contributed by atoms with van der Waals surface area (Å²) in [4.78, 5) is 26.7. The zero-order valence-corrected chi connectivity index (χ0v) is 19.7. The Kier molecular flexibility index (Phi) is 12.7. The Balaban J connectivity index is 1.69. The number of nitrogens with one attached hydrogen (secondary N) is 1. The van der Waals surface area contributed by atoms with E-state index in [1.165, 1.54) is 11.3 Å². The number of hydrogen-bond donors (Lipinski definition) is 3. The molecule has 4 N–H and O–H groups in total. The van der Waals surface area contributed by atoms with Gasteiger partial charge in [-0.2, -0.15) is 0 Å². The van der Waals surface area contributed by atoms with Crippen LogP contribution in [0.5, 0.6) is 5.75 Å². The fourth-order valence-electron chi connectivity index (χ4n) is 2.52. The largest absolute Gasteiger partial charge is 0.491 e. The molecule has 2 rings (SSSR count). The molecule has 0 saturated carbocycles. The Morgan fingerprint density at radius 1 is 1.06 bits per heavy atom. The molecule has 0 bridgehead atoms. The summed E-state index contributed by atoms with van der Waals surface area (Å²) in [5, 5.41) is 13.8. The van der Waals surface area contributed by atoms with Crippen LogP contribution in [0.25, 0.3) is 10.6 Å². The van der Waals surface area contributed by atoms with E-state index in [9.17, 15) is 9.59 Å². The number of aliphatic carboxylic acids is 1. The van der Waals surface area contributed by atoms with Crippen molar-refractivity contribution >= 4 is 34.8 Å². The van der Waals surface area contributed by atoms with Crippen LogP contribution in [-0.2, 0) is 30.2 Å². The Hall–Kier alpha value is -2.28. The van der Waals surface area contributed by atoms with Crippen LogP contribution in [-0.4, -0.2) is 81.3 Å². The Labute approximate surface area is 200 Å². The van der Waals surface area contributed by atoms with Crippen LogP contribution in [0.4, 0.5) is 0 Å². The molecule has 1 aromatic carbocycles. The lowest BCUT2D eigenvalue weighted by molar-refractivity contribution is -0.137. The van der Waals surface area contributed by atoms with E-state index in [0.29, 0.717) is 74.3 Å². The van der Waals surface area contributed by atoms with Crippen molar-refractivity contribution in [1.29, 1.82) is 0 Å². The van der Waals surface area contributed by atoms with Gasteiger partial charge in [0.2, 0.25) is 5.91 Å². The van der Waals surface area contributed by atoms with E-state index in [-0.39, 0.29) is 6.42 Å². The highest BCUT2D eigenvalue weighted by atomic mass is 35.5. The van der Waals surface area contributed by atoms with E-state index >= 15 is 0 Å². The van der Waals surface area contributed by atoms with Crippen LogP contribution in [0.3, 0.4) is 0 Å². The van der Waals surface area contributed by atoms with Gasteiger partial charge in [0.05, 0.1) is 56.8 Å². The number of amides is 1. The van der Waals surface area contributed by atoms with Gasteiger partial charge >= 0.3 is 5.97 Å². The molecule has 1 aromatic heterocycles. The number of thiazole rings is 1. The number of hydrogen-bond acceptors (Lipinski definition) is 9. The topological polar surface area (TPSA) is 142 Å². The van der Waals surface area contributed by atoms with Crippen LogP contribution in [0.15, 0.2) is 23.6 Å². The average Bonchev–Trinajstić information content (AvgIpc) is 3.24. The predicted octanol–water partition coefficient (Wildman–Crippen LogP) is 1.59. The Bertz CT molecular complexity index is 881. The van der Waals surface area contributed by atoms with Gasteiger partial charge in [-0.05, 0) is 18.2 Å². The molecule has 0 saturated heterocycles. The number of carbonyl (C=O) groups excluding carboxylic acids is 1. The molecule has 0 atom stereocenters. The number of aromatic nitrogens is 1. The summed E-state index contributed by atoms with van der Waals surface area (Å²) in [7, 11) is 0. The zero-order valence-electron chi connectivity index (χ0n) is 18.1. The summed E-state index contributed by atoms with van der Waals surface area (Å²) < 4.78 is 21.7. The third-order valence-electron chi connectivity index (χ3n) is 4.00. The van der Waals surface area contributed by atoms with E-state index in [1.807, 2.05) is 0 Å². The smallest absolute Gasteiger partial charge is 0.322 e. The molecular weight excluding hydrogens is 474 g/mol. The number of carboxylic acids is 1. The Morgan fingerprint density at radius 2 is 1.73 bits per heavy atom. The molecule has 1 amide bonds. The summed E-state index contributed by atoms with van der Waals surface area (Å²) in [6.07, 6.45) is -0.00427. The van der Waals surface area contributed by atoms with Crippen LogP contribution in [0.2, 0.25) is 5.02 Å². The average molecular weight is 502 g/mol. The lowest BCUT2D eigenvalue weighted by Gasteiger charge is -2.09. The van der Waals surface area contributed by atoms with Crippen LogP contribution in [0, 0.1) is 0 Å². The van der Waals surface area contributed by atoms with Gasteiger partial charge in [-0.25, -0.2) is 4.98 Å². The number of ether oxygens (including phenoxy) is 4. The van der Waals surface area contributed by atoms with Gasteiger partial charge in [0.15, 0.2) is 0 Å². The molecule has 0 aliphatic rings. The molecule has 0 unspecified atom stereocenters. The van der Waals surface area contributed by atoms with Crippen LogP contribution < -0.4 is 15.8 Å². The number of benzene rings is 1. The second kappa shape index (κ2) is 15.5. The molecule has 0 fully saturated rings. The van der Waals surface area contributed by atoms with Crippen molar-refractivity contribution in [2.45, 2.75) is 6.42 Å². The second-order valence-corrected chi connectivity index (χ2v) is 7.87. The first-order valence-electron chi connectivity index (χ1n) is 10.3. The maximum absolute atomic E-state index is 11.7. The lowest BCUT2D eigenvalue weighted by Crippen LogP contribution is -2.30. The number of rotatable bonds is 17. The predicted molar refractivity (Wildman–Crippen MR) is 124 cm³/mol. The van der Waals surface area contributed by atoms with Crippen molar-refractivity contribution in [2.24, 2.45) is 5.73 Å². The number of carboxylic acid groups (broad SMARTS) is 1. The molecule has 33 heavy (non-hydrogen) atoms. The third kappa shape index (κ3) is 10.9. The van der Waals surface area contributed by atoms with Gasteiger partial charge < -0.3 is 35.1 Å². The Morgan fingerprint density at radius 3 is 2.36 bits per heavy atom. The fourth-order valence-corrected chi connectivity index (χ4v) is 3.69. The van der Waals surface area contributed by atoms with Gasteiger partial charge in [-0.3, -0.25) is 9.59 Å². The highest BCUT2D eigenvalue weighted by Gasteiger charge is 2.13. The molecule has 182 valence electrons. The summed E-state index contributed by atoms with van der Waals surface area (Å²) in [6.45, 7) is 3.33. The van der Waals surface area contributed by atoms with Crippen molar-refractivity contribution in [2.75, 3.05) is 59.3 Å². The first-order chi connectivity index (χ1) is 16.0. The molecule has 0 radical (unpaired) electrons. The van der Waals surface area contributed by atoms with E-state index in [1.54, 1.807) is 23.6 Å². The third-order valence-corrected chi connectivity index (χ3v) is 5.24. The normalized spacial score (nSPS) is 10.8. The summed E-state index contributed by atoms with van der Waals surface area (Å²) in [5.41, 5.74) is 6.58. The van der Waals surface area contributed by atoms with Gasteiger partial charge in [-0.15, -0.1) is 11.3 Å². The summed E-state index contributed by atoms with van der Waals surface area (Å²) >= 11 is 7.73. The molecule has 2 aromatic rings.